The summed E-state index contributed by atoms with van der Waals surface area (Å²) in [5.74, 6) is 0. The molecule has 0 aliphatic heterocycles. The van der Waals surface area contributed by atoms with Crippen molar-refractivity contribution in [2.45, 2.75) is 4.90 Å². The second-order valence-corrected chi connectivity index (χ2v) is 4.80. The Morgan fingerprint density at radius 3 is 2.19 bits per heavy atom. The summed E-state index contributed by atoms with van der Waals surface area (Å²) in [7, 11) is 1.25. The zero-order valence-corrected chi connectivity index (χ0v) is 10.1. The average Bonchev–Trinajstić information content (AvgIpc) is 2.27. The molecule has 0 saturated heterocycles. The summed E-state index contributed by atoms with van der Waals surface area (Å²) in [5, 5.41) is 1.74. The third-order valence-electron chi connectivity index (χ3n) is 2.54. The van der Waals surface area contributed by atoms with Crippen LogP contribution in [0.25, 0.3) is 10.8 Å². The van der Waals surface area contributed by atoms with Crippen LogP contribution in [0.15, 0.2) is 41.3 Å². The Bertz CT molecular complexity index is 590. The number of fused-ring (bicyclic) bond motifs is 1. The molecular weight excluding hydrogens is 222 g/mol. The third-order valence-corrected chi connectivity index (χ3v) is 3.31. The molecule has 2 aromatic rings. The fourth-order valence-corrected chi connectivity index (χ4v) is 2.46. The van der Waals surface area contributed by atoms with Crippen molar-refractivity contribution in [3.63, 3.8) is 0 Å². The van der Waals surface area contributed by atoms with Gasteiger partial charge in [-0.3, -0.25) is 0 Å². The number of rotatable bonds is 2. The van der Waals surface area contributed by atoms with Crippen LogP contribution in [0.4, 0.5) is 5.69 Å². The number of hydrogen-bond donors (Lipinski definition) is 1. The Morgan fingerprint density at radius 1 is 1.00 bits per heavy atom. The van der Waals surface area contributed by atoms with Gasteiger partial charge < -0.3 is 4.90 Å². The van der Waals surface area contributed by atoms with Crippen LogP contribution in [-0.4, -0.2) is 22.5 Å². The van der Waals surface area contributed by atoms with Gasteiger partial charge in [0.15, 0.2) is 10.7 Å². The van der Waals surface area contributed by atoms with Crippen molar-refractivity contribution < 1.29 is 8.42 Å². The van der Waals surface area contributed by atoms with Gasteiger partial charge in [0.05, 0.1) is 4.90 Å². The lowest BCUT2D eigenvalue weighted by Crippen LogP contribution is -2.09. The summed E-state index contributed by atoms with van der Waals surface area (Å²) in [4.78, 5) is 2.31. The Labute approximate surface area is 96.3 Å². The van der Waals surface area contributed by atoms with Crippen LogP contribution in [0.1, 0.15) is 0 Å². The number of nitrogens with zero attached hydrogens (tertiary/aromatic N) is 1. The highest BCUT2D eigenvalue weighted by atomic mass is 32.2. The molecule has 16 heavy (non-hydrogen) atoms. The van der Waals surface area contributed by atoms with Gasteiger partial charge in [0.1, 0.15) is 0 Å². The van der Waals surface area contributed by atoms with Crippen LogP contribution in [0.3, 0.4) is 0 Å². The number of anilines is 1. The first kappa shape index (κ1) is 11.0. The maximum absolute atomic E-state index is 11.2. The summed E-state index contributed by atoms with van der Waals surface area (Å²) in [6, 6.07) is 11.1. The van der Waals surface area contributed by atoms with Crippen LogP contribution in [-0.2, 0) is 10.7 Å². The van der Waals surface area contributed by atoms with Crippen LogP contribution >= 0.6 is 0 Å². The highest BCUT2D eigenvalue weighted by Gasteiger charge is 2.08. The number of benzene rings is 2. The third kappa shape index (κ3) is 1.76. The molecule has 0 radical (unpaired) electrons. The van der Waals surface area contributed by atoms with E-state index in [9.17, 15) is 8.42 Å². The molecule has 4 heteroatoms. The Hall–Kier alpha value is -1.55. The summed E-state index contributed by atoms with van der Waals surface area (Å²) in [6.45, 7) is 0. The molecule has 0 aromatic heterocycles. The molecule has 0 aliphatic rings. The van der Waals surface area contributed by atoms with Gasteiger partial charge in [-0.2, -0.15) is 0 Å². The van der Waals surface area contributed by atoms with Gasteiger partial charge in [-0.1, -0.05) is 24.3 Å². The second-order valence-electron chi connectivity index (χ2n) is 3.80. The Morgan fingerprint density at radius 2 is 1.62 bits per heavy atom. The minimum absolute atomic E-state index is 0.386. The first-order chi connectivity index (χ1) is 7.61. The summed E-state index contributed by atoms with van der Waals surface area (Å²) in [6.07, 6.45) is 0. The lowest BCUT2D eigenvalue weighted by atomic mass is 10.1. The standard InChI is InChI=1S/C12H13NO2S/c1-13(2)10-7-3-5-9-6-4-8-11(12(9)10)16(14)15/h3-8,16H,1-2H3. The van der Waals surface area contributed by atoms with E-state index in [1.54, 1.807) is 12.1 Å². The SMILES string of the molecule is CN(C)c1cccc2cccc([SH](=O)=O)c12. The zero-order chi connectivity index (χ0) is 11.7. The van der Waals surface area contributed by atoms with Crippen molar-refractivity contribution in [3.05, 3.63) is 36.4 Å². The van der Waals surface area contributed by atoms with Crippen LogP contribution in [0.2, 0.25) is 0 Å². The van der Waals surface area contributed by atoms with E-state index in [0.717, 1.165) is 16.5 Å². The van der Waals surface area contributed by atoms with Crippen molar-refractivity contribution in [2.75, 3.05) is 19.0 Å². The van der Waals surface area contributed by atoms with Crippen molar-refractivity contribution >= 4 is 27.2 Å². The summed E-state index contributed by atoms with van der Waals surface area (Å²) >= 11 is 0. The first-order valence-corrected chi connectivity index (χ1v) is 6.12. The molecule has 2 rings (SSSR count). The molecular formula is C12H13NO2S. The monoisotopic (exact) mass is 235 g/mol. The van der Waals surface area contributed by atoms with E-state index in [2.05, 4.69) is 0 Å². The molecule has 0 heterocycles. The highest BCUT2D eigenvalue weighted by Crippen LogP contribution is 2.29. The predicted molar refractivity (Wildman–Crippen MR) is 66.9 cm³/mol. The van der Waals surface area contributed by atoms with E-state index in [-0.39, 0.29) is 0 Å². The molecule has 0 amide bonds. The summed E-state index contributed by atoms with van der Waals surface area (Å²) in [5.41, 5.74) is 0.923. The minimum Gasteiger partial charge on any atom is -0.377 e. The first-order valence-electron chi connectivity index (χ1n) is 4.94. The van der Waals surface area contributed by atoms with Crippen LogP contribution in [0.5, 0.6) is 0 Å². The number of thiol groups is 1. The maximum atomic E-state index is 11.2. The smallest absolute Gasteiger partial charge is 0.168 e. The van der Waals surface area contributed by atoms with E-state index in [4.69, 9.17) is 0 Å². The lowest BCUT2D eigenvalue weighted by Gasteiger charge is -2.16. The molecule has 3 nitrogen and oxygen atoms in total. The van der Waals surface area contributed by atoms with Gasteiger partial charge in [-0.15, -0.1) is 0 Å². The van der Waals surface area contributed by atoms with Crippen molar-refractivity contribution in [1.82, 2.24) is 0 Å². The number of hydrogen-bond acceptors (Lipinski definition) is 3. The van der Waals surface area contributed by atoms with Gasteiger partial charge in [-0.25, -0.2) is 8.42 Å². The van der Waals surface area contributed by atoms with Crippen molar-refractivity contribution in [2.24, 2.45) is 0 Å². The van der Waals surface area contributed by atoms with Gasteiger partial charge in [-0.05, 0) is 17.5 Å². The normalized spacial score (nSPS) is 10.9. The molecule has 0 saturated carbocycles. The molecule has 0 bridgehead atoms. The zero-order valence-electron chi connectivity index (χ0n) is 9.18. The molecule has 0 fully saturated rings. The van der Waals surface area contributed by atoms with E-state index in [1.807, 2.05) is 43.3 Å². The second kappa shape index (κ2) is 4.14. The topological polar surface area (TPSA) is 37.4 Å². The van der Waals surface area contributed by atoms with E-state index in [1.165, 1.54) is 0 Å². The van der Waals surface area contributed by atoms with E-state index >= 15 is 0 Å². The molecule has 0 aliphatic carbocycles. The fourth-order valence-electron chi connectivity index (χ4n) is 1.83. The van der Waals surface area contributed by atoms with Gasteiger partial charge in [0.2, 0.25) is 0 Å². The van der Waals surface area contributed by atoms with Gasteiger partial charge in [0.25, 0.3) is 0 Å². The van der Waals surface area contributed by atoms with Crippen molar-refractivity contribution in [3.8, 4) is 0 Å². The molecule has 0 atom stereocenters. The molecule has 0 N–H and O–H groups in total. The van der Waals surface area contributed by atoms with Gasteiger partial charge >= 0.3 is 0 Å². The lowest BCUT2D eigenvalue weighted by molar-refractivity contribution is 0.615. The Kier molecular flexibility index (Phi) is 2.83. The van der Waals surface area contributed by atoms with Crippen LogP contribution < -0.4 is 4.90 Å². The van der Waals surface area contributed by atoms with Crippen molar-refractivity contribution in [1.29, 1.82) is 0 Å². The van der Waals surface area contributed by atoms with Gasteiger partial charge in [0, 0.05) is 25.2 Å². The fraction of sp³-hybridized carbons (Fsp3) is 0.167. The largest absolute Gasteiger partial charge is 0.377 e. The van der Waals surface area contributed by atoms with Crippen LogP contribution in [0, 0.1) is 0 Å². The molecule has 0 spiro atoms. The maximum Gasteiger partial charge on any atom is 0.168 e. The minimum atomic E-state index is -2.56. The molecule has 0 unspecified atom stereocenters. The van der Waals surface area contributed by atoms with E-state index in [0.29, 0.717) is 4.90 Å². The molecule has 84 valence electrons. The quantitative estimate of drug-likeness (QED) is 0.807. The Balaban J connectivity index is 2.92. The predicted octanol–water partition coefficient (Wildman–Crippen LogP) is 1.88. The van der Waals surface area contributed by atoms with E-state index < -0.39 is 10.7 Å². The average molecular weight is 235 g/mol. The molecule has 2 aromatic carbocycles. The summed E-state index contributed by atoms with van der Waals surface area (Å²) < 4.78 is 22.4. The highest BCUT2D eigenvalue weighted by molar-refractivity contribution is 7.72.